The molecule has 2 nitrogen and oxygen atoms in total. The molecule has 0 spiro atoms. The highest BCUT2D eigenvalue weighted by atomic mass is 15.1. The summed E-state index contributed by atoms with van der Waals surface area (Å²) in [5.74, 6) is 0. The van der Waals surface area contributed by atoms with Gasteiger partial charge in [0, 0.05) is 37.6 Å². The summed E-state index contributed by atoms with van der Waals surface area (Å²) < 4.78 is 0. The van der Waals surface area contributed by atoms with Crippen LogP contribution in [0.1, 0.15) is 27.7 Å². The quantitative estimate of drug-likeness (QED) is 0.208. The Hall–Kier alpha value is -3.78. The van der Waals surface area contributed by atoms with Gasteiger partial charge < -0.3 is 9.80 Å². The van der Waals surface area contributed by atoms with E-state index in [1.165, 1.54) is 55.2 Å². The van der Waals surface area contributed by atoms with Crippen molar-refractivity contribution in [1.29, 1.82) is 0 Å². The normalized spacial score (nSPS) is 11.2. The first-order valence-electron chi connectivity index (χ1n) is 13.3. The van der Waals surface area contributed by atoms with Gasteiger partial charge in [0.25, 0.3) is 0 Å². The molecule has 0 bridgehead atoms. The Morgan fingerprint density at radius 2 is 0.694 bits per heavy atom. The van der Waals surface area contributed by atoms with Crippen molar-refractivity contribution in [2.75, 3.05) is 36.0 Å². The molecule has 0 aromatic heterocycles. The largest absolute Gasteiger partial charge is 0.372 e. The smallest absolute Gasteiger partial charge is 0.0366 e. The van der Waals surface area contributed by atoms with Crippen molar-refractivity contribution in [3.63, 3.8) is 0 Å². The topological polar surface area (TPSA) is 6.48 Å². The molecular weight excluding hydrogens is 436 g/mol. The second-order valence-corrected chi connectivity index (χ2v) is 9.28. The van der Waals surface area contributed by atoms with E-state index in [-0.39, 0.29) is 0 Å². The van der Waals surface area contributed by atoms with E-state index in [1.807, 2.05) is 0 Å². The van der Waals surface area contributed by atoms with Crippen molar-refractivity contribution in [1.82, 2.24) is 0 Å². The maximum Gasteiger partial charge on any atom is 0.0366 e. The third-order valence-corrected chi connectivity index (χ3v) is 7.50. The molecule has 0 unspecified atom stereocenters. The van der Waals surface area contributed by atoms with E-state index in [1.54, 1.807) is 0 Å². The fourth-order valence-electron chi connectivity index (χ4n) is 5.60. The average Bonchev–Trinajstić information content (AvgIpc) is 2.94. The van der Waals surface area contributed by atoms with Crippen LogP contribution in [-0.4, -0.2) is 26.2 Å². The Kier molecular flexibility index (Phi) is 6.95. The van der Waals surface area contributed by atoms with Crippen LogP contribution in [-0.2, 0) is 0 Å². The summed E-state index contributed by atoms with van der Waals surface area (Å²) in [5, 5.41) is 5.21. The van der Waals surface area contributed by atoms with E-state index in [9.17, 15) is 0 Å². The van der Waals surface area contributed by atoms with Crippen LogP contribution in [0.25, 0.3) is 43.8 Å². The molecule has 0 N–H and O–H groups in total. The van der Waals surface area contributed by atoms with Crippen LogP contribution in [0.15, 0.2) is 97.1 Å². The molecule has 5 aromatic rings. The lowest BCUT2D eigenvalue weighted by Gasteiger charge is -2.23. The summed E-state index contributed by atoms with van der Waals surface area (Å²) in [6.45, 7) is 12.9. The van der Waals surface area contributed by atoms with Gasteiger partial charge in [0.2, 0.25) is 0 Å². The monoisotopic (exact) mass is 472 g/mol. The van der Waals surface area contributed by atoms with Crippen LogP contribution in [0.5, 0.6) is 0 Å². The van der Waals surface area contributed by atoms with E-state index in [2.05, 4.69) is 135 Å². The Labute approximate surface area is 215 Å². The number of hydrogen-bond acceptors (Lipinski definition) is 2. The van der Waals surface area contributed by atoms with Crippen molar-refractivity contribution in [3.8, 4) is 22.3 Å². The van der Waals surface area contributed by atoms with Gasteiger partial charge in [-0.25, -0.2) is 0 Å². The molecule has 182 valence electrons. The highest BCUT2D eigenvalue weighted by Gasteiger charge is 2.18. The molecule has 0 aliphatic heterocycles. The predicted octanol–water partition coefficient (Wildman–Crippen LogP) is 9.02. The summed E-state index contributed by atoms with van der Waals surface area (Å²) in [6.07, 6.45) is 0. The number of hydrogen-bond donors (Lipinski definition) is 0. The van der Waals surface area contributed by atoms with Gasteiger partial charge in [-0.1, -0.05) is 72.8 Å². The minimum absolute atomic E-state index is 1.01. The molecule has 0 heterocycles. The van der Waals surface area contributed by atoms with Crippen molar-refractivity contribution >= 4 is 32.9 Å². The SMILES string of the molecule is CCN(CC)c1ccc(-c2c(-c3ccc(N(CC)CC)cc3)c3ccccc3c3ccccc23)cc1. The molecule has 0 radical (unpaired) electrons. The molecule has 0 saturated carbocycles. The van der Waals surface area contributed by atoms with Crippen LogP contribution in [0.2, 0.25) is 0 Å². The van der Waals surface area contributed by atoms with E-state index in [4.69, 9.17) is 0 Å². The zero-order chi connectivity index (χ0) is 25.1. The van der Waals surface area contributed by atoms with Crippen LogP contribution in [0.3, 0.4) is 0 Å². The highest BCUT2D eigenvalue weighted by Crippen LogP contribution is 2.44. The Morgan fingerprint density at radius 1 is 0.389 bits per heavy atom. The van der Waals surface area contributed by atoms with Gasteiger partial charge in [-0.2, -0.15) is 0 Å². The highest BCUT2D eigenvalue weighted by molar-refractivity contribution is 6.21. The van der Waals surface area contributed by atoms with Crippen LogP contribution in [0.4, 0.5) is 11.4 Å². The van der Waals surface area contributed by atoms with E-state index in [0.29, 0.717) is 0 Å². The Bertz CT molecular complexity index is 1340. The molecule has 0 saturated heterocycles. The summed E-state index contributed by atoms with van der Waals surface area (Å²) in [5.41, 5.74) is 7.70. The number of benzene rings is 5. The number of fused-ring (bicyclic) bond motifs is 3. The van der Waals surface area contributed by atoms with Gasteiger partial charge in [-0.3, -0.25) is 0 Å². The second-order valence-electron chi connectivity index (χ2n) is 9.28. The van der Waals surface area contributed by atoms with Gasteiger partial charge in [0.15, 0.2) is 0 Å². The molecule has 0 aliphatic rings. The zero-order valence-electron chi connectivity index (χ0n) is 22.0. The Morgan fingerprint density at radius 3 is 1.00 bits per heavy atom. The lowest BCUT2D eigenvalue weighted by molar-refractivity contribution is 0.866. The minimum atomic E-state index is 1.01. The van der Waals surface area contributed by atoms with Crippen LogP contribution in [0, 0.1) is 0 Å². The molecule has 2 heteroatoms. The summed E-state index contributed by atoms with van der Waals surface area (Å²) >= 11 is 0. The van der Waals surface area contributed by atoms with Crippen molar-refractivity contribution in [2.24, 2.45) is 0 Å². The summed E-state index contributed by atoms with van der Waals surface area (Å²) in [7, 11) is 0. The van der Waals surface area contributed by atoms with Crippen molar-refractivity contribution in [2.45, 2.75) is 27.7 Å². The van der Waals surface area contributed by atoms with E-state index in [0.717, 1.165) is 26.2 Å². The van der Waals surface area contributed by atoms with Crippen LogP contribution >= 0.6 is 0 Å². The number of nitrogens with zero attached hydrogens (tertiary/aromatic N) is 2. The van der Waals surface area contributed by atoms with Crippen LogP contribution < -0.4 is 9.80 Å². The molecule has 0 amide bonds. The lowest BCUT2D eigenvalue weighted by atomic mass is 9.85. The summed E-state index contributed by atoms with van der Waals surface area (Å²) in [4.78, 5) is 4.80. The first kappa shape index (κ1) is 23.9. The predicted molar refractivity (Wildman–Crippen MR) is 159 cm³/mol. The van der Waals surface area contributed by atoms with Gasteiger partial charge in [0.05, 0.1) is 0 Å². The van der Waals surface area contributed by atoms with E-state index >= 15 is 0 Å². The third kappa shape index (κ3) is 4.22. The second kappa shape index (κ2) is 10.5. The Balaban J connectivity index is 1.79. The van der Waals surface area contributed by atoms with E-state index < -0.39 is 0 Å². The minimum Gasteiger partial charge on any atom is -0.372 e. The molecule has 0 fully saturated rings. The van der Waals surface area contributed by atoms with Crippen molar-refractivity contribution < 1.29 is 0 Å². The van der Waals surface area contributed by atoms with Gasteiger partial charge in [-0.15, -0.1) is 0 Å². The molecule has 5 rings (SSSR count). The third-order valence-electron chi connectivity index (χ3n) is 7.50. The van der Waals surface area contributed by atoms with Gasteiger partial charge in [-0.05, 0) is 95.8 Å². The number of rotatable bonds is 8. The molecular formula is C34H36N2. The first-order chi connectivity index (χ1) is 17.7. The molecule has 5 aromatic carbocycles. The fraction of sp³-hybridized carbons (Fsp3) is 0.235. The molecule has 36 heavy (non-hydrogen) atoms. The first-order valence-corrected chi connectivity index (χ1v) is 13.3. The zero-order valence-corrected chi connectivity index (χ0v) is 22.0. The average molecular weight is 473 g/mol. The maximum absolute atomic E-state index is 2.40. The van der Waals surface area contributed by atoms with Gasteiger partial charge >= 0.3 is 0 Å². The number of anilines is 2. The summed E-state index contributed by atoms with van der Waals surface area (Å²) in [6, 6.07) is 36.0. The van der Waals surface area contributed by atoms with Crippen molar-refractivity contribution in [3.05, 3.63) is 97.1 Å². The molecule has 0 atom stereocenters. The standard InChI is InChI=1S/C34H36N2/c1-5-35(6-2)27-21-17-25(18-22-27)33-31-15-11-9-13-29(31)30-14-10-12-16-32(30)34(33)26-19-23-28(24-20-26)36(7-3)8-4/h9-24H,5-8H2,1-4H3. The maximum atomic E-state index is 2.40. The molecule has 0 aliphatic carbocycles. The fourth-order valence-corrected chi connectivity index (χ4v) is 5.60. The van der Waals surface area contributed by atoms with Gasteiger partial charge in [0.1, 0.15) is 0 Å². The lowest BCUT2D eigenvalue weighted by Crippen LogP contribution is -2.21.